The Labute approximate surface area is 329 Å². The van der Waals surface area contributed by atoms with Crippen LogP contribution in [0.1, 0.15) is 54.1 Å². The maximum absolute atomic E-state index is 12.8. The number of anilines is 3. The van der Waals surface area contributed by atoms with Gasteiger partial charge in [0.2, 0.25) is 17.8 Å². The van der Waals surface area contributed by atoms with Crippen LogP contribution in [0.2, 0.25) is 0 Å². The fourth-order valence-corrected chi connectivity index (χ4v) is 8.06. The van der Waals surface area contributed by atoms with E-state index in [1.807, 2.05) is 37.0 Å². The standard InChI is InChI=1S/C40H46N12O5/c1-24-20-43-40(46-36(24)44-27-18-26-19-31(57-23-33(54)41-2)39(56)48(3)37(26)42-21-27)52-16-14-50(15-17-52)22-25-10-12-51(13-11-25)30-7-5-6-28-34(47-49(4)35(28)30)29-8-9-32(53)45-38(29)55/h6,18-21,25,29H,8-17,22-23H2,1-4H3,(H,41,54)(H,43,44,46)(H,45,53,55). The van der Waals surface area contributed by atoms with Crippen molar-refractivity contribution in [3.05, 3.63) is 68.9 Å². The van der Waals surface area contributed by atoms with Gasteiger partial charge >= 0.3 is 0 Å². The minimum atomic E-state index is -0.454. The number of ether oxygens (including phenoxy) is 1. The van der Waals surface area contributed by atoms with Gasteiger partial charge in [-0.05, 0) is 50.0 Å². The molecule has 4 aromatic rings. The molecule has 1 unspecified atom stereocenters. The van der Waals surface area contributed by atoms with Crippen LogP contribution in [-0.4, -0.2) is 116 Å². The molecule has 4 aromatic heterocycles. The van der Waals surface area contributed by atoms with E-state index >= 15 is 0 Å². The van der Waals surface area contributed by atoms with E-state index in [1.54, 1.807) is 19.3 Å². The Kier molecular flexibility index (Phi) is 10.4. The lowest BCUT2D eigenvalue weighted by Crippen LogP contribution is -2.49. The van der Waals surface area contributed by atoms with Crippen LogP contribution in [-0.2, 0) is 28.5 Å². The first kappa shape index (κ1) is 37.6. The molecule has 7 heterocycles. The van der Waals surface area contributed by atoms with Gasteiger partial charge in [0, 0.05) is 102 Å². The second-order valence-corrected chi connectivity index (χ2v) is 15.1. The Morgan fingerprint density at radius 1 is 1.00 bits per heavy atom. The summed E-state index contributed by atoms with van der Waals surface area (Å²) in [5.41, 5.74) is 11.7. The third-order valence-corrected chi connectivity index (χ3v) is 11.3. The Balaban J connectivity index is 0.858. The number of rotatable bonds is 10. The van der Waals surface area contributed by atoms with Gasteiger partial charge in [-0.3, -0.25) is 38.6 Å². The molecule has 3 aliphatic heterocycles. The molecule has 4 aliphatic rings. The summed E-state index contributed by atoms with van der Waals surface area (Å²) in [6.45, 7) is 7.98. The molecule has 3 fully saturated rings. The summed E-state index contributed by atoms with van der Waals surface area (Å²) in [5.74, 6) is 0.661. The second-order valence-electron chi connectivity index (χ2n) is 15.1. The van der Waals surface area contributed by atoms with E-state index in [2.05, 4.69) is 52.1 Å². The number of nitrogens with one attached hydrogen (secondary N) is 3. The molecular weight excluding hydrogens is 729 g/mol. The predicted molar refractivity (Wildman–Crippen MR) is 213 cm³/mol. The van der Waals surface area contributed by atoms with Gasteiger partial charge in [0.15, 0.2) is 12.4 Å². The van der Waals surface area contributed by atoms with Gasteiger partial charge < -0.3 is 25.2 Å². The van der Waals surface area contributed by atoms with Crippen molar-refractivity contribution in [1.82, 2.24) is 49.7 Å². The van der Waals surface area contributed by atoms with Crippen LogP contribution in [0.15, 0.2) is 40.8 Å². The van der Waals surface area contributed by atoms with E-state index < -0.39 is 5.92 Å². The molecule has 3 saturated heterocycles. The molecule has 0 bridgehead atoms. The fourth-order valence-electron chi connectivity index (χ4n) is 8.06. The Bertz CT molecular complexity index is 2430. The highest BCUT2D eigenvalue weighted by molar-refractivity contribution is 6.01. The lowest BCUT2D eigenvalue weighted by molar-refractivity contribution is -0.134. The van der Waals surface area contributed by atoms with Gasteiger partial charge in [0.05, 0.1) is 23.5 Å². The third kappa shape index (κ3) is 7.64. The summed E-state index contributed by atoms with van der Waals surface area (Å²) < 4.78 is 8.74. The zero-order valence-corrected chi connectivity index (χ0v) is 32.6. The van der Waals surface area contributed by atoms with Crippen molar-refractivity contribution in [2.24, 2.45) is 20.0 Å². The summed E-state index contributed by atoms with van der Waals surface area (Å²) in [5, 5.41) is 13.8. The van der Waals surface area contributed by atoms with E-state index in [4.69, 9.17) is 14.8 Å². The Morgan fingerprint density at radius 3 is 2.54 bits per heavy atom. The van der Waals surface area contributed by atoms with Gasteiger partial charge in [-0.15, -0.1) is 0 Å². The highest BCUT2D eigenvalue weighted by Crippen LogP contribution is 2.36. The van der Waals surface area contributed by atoms with Crippen LogP contribution in [0.25, 0.3) is 22.8 Å². The number of pyridine rings is 2. The number of aromatic nitrogens is 6. The molecular formula is C40H46N12O5. The van der Waals surface area contributed by atoms with Gasteiger partial charge in [0.1, 0.15) is 22.9 Å². The van der Waals surface area contributed by atoms with Crippen molar-refractivity contribution < 1.29 is 19.1 Å². The molecule has 0 spiro atoms. The maximum atomic E-state index is 12.8. The average molecular weight is 775 g/mol. The highest BCUT2D eigenvalue weighted by atomic mass is 16.5. The van der Waals surface area contributed by atoms with Crippen molar-refractivity contribution in [3.63, 3.8) is 0 Å². The number of piperidine rings is 2. The third-order valence-electron chi connectivity index (χ3n) is 11.3. The molecule has 3 N–H and O–H groups in total. The number of aryl methyl sites for hydroxylation is 3. The zero-order valence-electron chi connectivity index (χ0n) is 32.6. The number of hydrogen-bond acceptors (Lipinski definition) is 13. The van der Waals surface area contributed by atoms with Crippen LogP contribution >= 0.6 is 0 Å². The van der Waals surface area contributed by atoms with Gasteiger partial charge in [-0.1, -0.05) is 5.73 Å². The van der Waals surface area contributed by atoms with Crippen molar-refractivity contribution in [1.29, 1.82) is 0 Å². The number of likely N-dealkylation sites (tertiary alicyclic amines) is 1. The van der Waals surface area contributed by atoms with Crippen LogP contribution in [0.3, 0.4) is 0 Å². The number of nitrogens with zero attached hydrogens (tertiary/aromatic N) is 9. The average Bonchev–Trinajstić information content (AvgIpc) is 3.55. The normalized spacial score (nSPS) is 18.7. The van der Waals surface area contributed by atoms with Gasteiger partial charge in [-0.25, -0.2) is 9.97 Å². The fraction of sp³-hybridized carbons (Fsp3) is 0.450. The van der Waals surface area contributed by atoms with Gasteiger partial charge in [-0.2, -0.15) is 10.1 Å². The largest absolute Gasteiger partial charge is 0.478 e. The first-order chi connectivity index (χ1) is 27.6. The topological polar surface area (TPSA) is 185 Å². The minimum absolute atomic E-state index is 0.0668. The van der Waals surface area contributed by atoms with Crippen LogP contribution in [0, 0.1) is 12.8 Å². The number of carbonyl (C=O) groups is 3. The molecule has 17 heteroatoms. The molecule has 1 aliphatic carbocycles. The second kappa shape index (κ2) is 15.7. The highest BCUT2D eigenvalue weighted by Gasteiger charge is 2.35. The summed E-state index contributed by atoms with van der Waals surface area (Å²) in [6.07, 6.45) is 8.22. The number of hydrogen-bond donors (Lipinski definition) is 3. The van der Waals surface area contributed by atoms with E-state index in [0.29, 0.717) is 52.9 Å². The monoisotopic (exact) mass is 774 g/mol. The minimum Gasteiger partial charge on any atom is -0.478 e. The van der Waals surface area contributed by atoms with Crippen molar-refractivity contribution >= 4 is 58.0 Å². The first-order valence-corrected chi connectivity index (χ1v) is 19.3. The summed E-state index contributed by atoms with van der Waals surface area (Å²) in [4.78, 5) is 70.1. The van der Waals surface area contributed by atoms with E-state index in [0.717, 1.165) is 81.2 Å². The molecule has 57 heavy (non-hydrogen) atoms. The number of piperazine rings is 1. The lowest BCUT2D eigenvalue weighted by atomic mass is 9.90. The quantitative estimate of drug-likeness (QED) is 0.157. The zero-order chi connectivity index (χ0) is 39.8. The number of imide groups is 1. The predicted octanol–water partition coefficient (Wildman–Crippen LogP) is 1.81. The molecule has 1 atom stereocenters. The van der Waals surface area contributed by atoms with Crippen molar-refractivity contribution in [3.8, 4) is 5.75 Å². The first-order valence-electron chi connectivity index (χ1n) is 19.3. The van der Waals surface area contributed by atoms with E-state index in [-0.39, 0.29) is 35.6 Å². The number of carbonyl (C=O) groups excluding carboxylic acids is 3. The lowest BCUT2D eigenvalue weighted by Gasteiger charge is -2.39. The van der Waals surface area contributed by atoms with Crippen molar-refractivity contribution in [2.75, 3.05) is 69.7 Å². The maximum Gasteiger partial charge on any atom is 0.294 e. The molecule has 0 aromatic carbocycles. The number of likely N-dealkylation sites (N-methyl/N-ethyl adjacent to an activating group) is 1. The smallest absolute Gasteiger partial charge is 0.294 e. The molecule has 8 rings (SSSR count). The number of fused-ring (bicyclic) bond motifs is 2. The van der Waals surface area contributed by atoms with Gasteiger partial charge in [0.25, 0.3) is 11.5 Å². The number of amides is 3. The van der Waals surface area contributed by atoms with Crippen LogP contribution in [0.4, 0.5) is 17.5 Å². The molecule has 0 saturated carbocycles. The molecule has 296 valence electrons. The Hall–Kier alpha value is -6.28. The molecule has 17 nitrogen and oxygen atoms in total. The summed E-state index contributed by atoms with van der Waals surface area (Å²) in [7, 11) is 5.03. The van der Waals surface area contributed by atoms with Crippen LogP contribution < -0.4 is 31.1 Å². The Morgan fingerprint density at radius 2 is 1.79 bits per heavy atom. The SMILES string of the molecule is CNC(=O)COc1cc2cc(Nc3nc(N4CCN(CC5CCN(C6=C=C=Cc7c(C8CCC(=O)NC8=O)nn(C)c76)CC5)CC4)ncc3C)cnc2n(C)c1=O. The van der Waals surface area contributed by atoms with E-state index in [9.17, 15) is 19.2 Å². The molecule has 3 amide bonds. The summed E-state index contributed by atoms with van der Waals surface area (Å²) >= 11 is 0. The molecule has 0 radical (unpaired) electrons. The van der Waals surface area contributed by atoms with Crippen LogP contribution in [0.5, 0.6) is 5.75 Å². The van der Waals surface area contributed by atoms with E-state index in [1.165, 1.54) is 11.6 Å². The summed E-state index contributed by atoms with van der Waals surface area (Å²) in [6, 6.07) is 3.47. The van der Waals surface area contributed by atoms with Crippen molar-refractivity contribution in [2.45, 2.75) is 38.5 Å².